The minimum Gasteiger partial charge on any atom is -0.481 e. The van der Waals surface area contributed by atoms with E-state index in [2.05, 4.69) is 15.3 Å². The van der Waals surface area contributed by atoms with Crippen molar-refractivity contribution < 1.29 is 13.2 Å². The van der Waals surface area contributed by atoms with Gasteiger partial charge in [0.05, 0.1) is 12.4 Å². The lowest BCUT2D eigenvalue weighted by Crippen LogP contribution is -2.34. The van der Waals surface area contributed by atoms with Gasteiger partial charge in [-0.05, 0) is 19.3 Å². The molecule has 2 atom stereocenters. The van der Waals surface area contributed by atoms with Crippen LogP contribution < -0.4 is 10.1 Å². The number of rotatable bonds is 4. The fourth-order valence-electron chi connectivity index (χ4n) is 2.37. The first-order valence-corrected chi connectivity index (χ1v) is 8.27. The third-order valence-electron chi connectivity index (χ3n) is 3.40. The van der Waals surface area contributed by atoms with E-state index in [9.17, 15) is 8.42 Å². The van der Waals surface area contributed by atoms with Crippen LogP contribution in [0.5, 0.6) is 5.88 Å². The van der Waals surface area contributed by atoms with Gasteiger partial charge < -0.3 is 10.1 Å². The second-order valence-electron chi connectivity index (χ2n) is 4.88. The van der Waals surface area contributed by atoms with Crippen molar-refractivity contribution in [3.05, 3.63) is 12.3 Å². The number of sulfone groups is 1. The number of nitrogens with one attached hydrogen (secondary N) is 1. The normalized spacial score (nSPS) is 23.9. The van der Waals surface area contributed by atoms with Crippen LogP contribution in [-0.4, -0.2) is 43.0 Å². The molecule has 1 aliphatic rings. The Morgan fingerprint density at radius 1 is 1.42 bits per heavy atom. The molecule has 0 saturated heterocycles. The topological polar surface area (TPSA) is 81.2 Å². The fourth-order valence-corrected chi connectivity index (χ4v) is 3.55. The summed E-state index contributed by atoms with van der Waals surface area (Å²) in [6.45, 7) is 0. The molecule has 0 amide bonds. The van der Waals surface area contributed by atoms with E-state index in [4.69, 9.17) is 4.74 Å². The van der Waals surface area contributed by atoms with Crippen LogP contribution in [0.25, 0.3) is 0 Å². The summed E-state index contributed by atoms with van der Waals surface area (Å²) in [6.07, 6.45) is 6.12. The van der Waals surface area contributed by atoms with E-state index in [0.29, 0.717) is 18.2 Å². The van der Waals surface area contributed by atoms with Crippen molar-refractivity contribution >= 4 is 15.8 Å². The molecule has 1 fully saturated rings. The average Bonchev–Trinajstić information content (AvgIpc) is 2.38. The minimum absolute atomic E-state index is 0.0978. The molecule has 1 aromatic rings. The molecule has 2 unspecified atom stereocenters. The number of ether oxygens (including phenoxy) is 1. The third-order valence-corrected chi connectivity index (χ3v) is 5.04. The van der Waals surface area contributed by atoms with Crippen molar-refractivity contribution in [1.82, 2.24) is 9.97 Å². The first-order chi connectivity index (χ1) is 8.99. The second-order valence-corrected chi connectivity index (χ2v) is 7.21. The number of nitrogens with zero attached hydrogens (tertiary/aromatic N) is 2. The largest absolute Gasteiger partial charge is 0.481 e. The van der Waals surface area contributed by atoms with Gasteiger partial charge in [0.15, 0.2) is 0 Å². The molecule has 0 aromatic carbocycles. The van der Waals surface area contributed by atoms with Gasteiger partial charge in [0.2, 0.25) is 11.8 Å². The van der Waals surface area contributed by atoms with Gasteiger partial charge in [-0.25, -0.2) is 13.4 Å². The molecule has 1 aliphatic carbocycles. The van der Waals surface area contributed by atoms with E-state index in [0.717, 1.165) is 19.3 Å². The highest BCUT2D eigenvalue weighted by Crippen LogP contribution is 2.25. The Bertz CT molecular complexity index is 533. The summed E-state index contributed by atoms with van der Waals surface area (Å²) in [5.41, 5.74) is 0. The Hall–Kier alpha value is -1.37. The first kappa shape index (κ1) is 14.0. The van der Waals surface area contributed by atoms with Crippen molar-refractivity contribution in [1.29, 1.82) is 0 Å². The Balaban J connectivity index is 2.02. The SMILES string of the molecule is COc1ccnc(NC2CCCC(S(C)(=O)=O)C2)n1. The van der Waals surface area contributed by atoms with Crippen LogP contribution in [0.15, 0.2) is 12.3 Å². The van der Waals surface area contributed by atoms with Gasteiger partial charge in [-0.1, -0.05) is 6.42 Å². The van der Waals surface area contributed by atoms with Gasteiger partial charge in [0.1, 0.15) is 9.84 Å². The highest BCUT2D eigenvalue weighted by atomic mass is 32.2. The molecule has 7 heteroatoms. The summed E-state index contributed by atoms with van der Waals surface area (Å²) in [5.74, 6) is 0.978. The molecule has 106 valence electrons. The van der Waals surface area contributed by atoms with Gasteiger partial charge in [-0.3, -0.25) is 0 Å². The van der Waals surface area contributed by atoms with Crippen molar-refractivity contribution in [2.24, 2.45) is 0 Å². The highest BCUT2D eigenvalue weighted by Gasteiger charge is 2.29. The summed E-state index contributed by atoms with van der Waals surface area (Å²) >= 11 is 0. The Kier molecular flexibility index (Phi) is 4.24. The monoisotopic (exact) mass is 285 g/mol. The zero-order chi connectivity index (χ0) is 13.9. The van der Waals surface area contributed by atoms with Gasteiger partial charge in [0, 0.05) is 24.6 Å². The summed E-state index contributed by atoms with van der Waals surface area (Å²) in [7, 11) is -1.42. The van der Waals surface area contributed by atoms with Crippen LogP contribution in [0.4, 0.5) is 5.95 Å². The average molecular weight is 285 g/mol. The number of hydrogen-bond donors (Lipinski definition) is 1. The van der Waals surface area contributed by atoms with E-state index in [-0.39, 0.29) is 11.3 Å². The molecule has 1 saturated carbocycles. The smallest absolute Gasteiger partial charge is 0.226 e. The molecular weight excluding hydrogens is 266 g/mol. The van der Waals surface area contributed by atoms with E-state index < -0.39 is 9.84 Å². The Morgan fingerprint density at radius 3 is 2.89 bits per heavy atom. The fraction of sp³-hybridized carbons (Fsp3) is 0.667. The lowest BCUT2D eigenvalue weighted by molar-refractivity contribution is 0.396. The van der Waals surface area contributed by atoms with Crippen LogP contribution >= 0.6 is 0 Å². The predicted octanol–water partition coefficient (Wildman–Crippen LogP) is 1.25. The lowest BCUT2D eigenvalue weighted by atomic mass is 9.95. The molecule has 0 bridgehead atoms. The van der Waals surface area contributed by atoms with Crippen LogP contribution in [0.1, 0.15) is 25.7 Å². The van der Waals surface area contributed by atoms with Gasteiger partial charge in [-0.15, -0.1) is 0 Å². The zero-order valence-corrected chi connectivity index (χ0v) is 12.0. The van der Waals surface area contributed by atoms with E-state index >= 15 is 0 Å². The zero-order valence-electron chi connectivity index (χ0n) is 11.2. The van der Waals surface area contributed by atoms with Gasteiger partial charge in [0.25, 0.3) is 0 Å². The molecule has 0 spiro atoms. The molecule has 0 radical (unpaired) electrons. The maximum absolute atomic E-state index is 11.6. The number of methoxy groups -OCH3 is 1. The molecule has 0 aliphatic heterocycles. The second kappa shape index (κ2) is 5.73. The number of aromatic nitrogens is 2. The molecule has 2 rings (SSSR count). The van der Waals surface area contributed by atoms with E-state index in [1.165, 1.54) is 6.26 Å². The maximum atomic E-state index is 11.6. The summed E-state index contributed by atoms with van der Waals surface area (Å²) in [6, 6.07) is 1.77. The molecule has 1 heterocycles. The number of hydrogen-bond acceptors (Lipinski definition) is 6. The number of anilines is 1. The van der Waals surface area contributed by atoms with Crippen LogP contribution in [-0.2, 0) is 9.84 Å². The molecule has 1 N–H and O–H groups in total. The van der Waals surface area contributed by atoms with Crippen molar-refractivity contribution in [3.8, 4) is 5.88 Å². The van der Waals surface area contributed by atoms with Gasteiger partial charge >= 0.3 is 0 Å². The minimum atomic E-state index is -2.97. The van der Waals surface area contributed by atoms with Crippen LogP contribution in [0.2, 0.25) is 0 Å². The third kappa shape index (κ3) is 3.79. The summed E-state index contributed by atoms with van der Waals surface area (Å²) in [4.78, 5) is 8.30. The van der Waals surface area contributed by atoms with Gasteiger partial charge in [-0.2, -0.15) is 4.98 Å². The Labute approximate surface area is 113 Å². The lowest BCUT2D eigenvalue weighted by Gasteiger charge is -2.28. The van der Waals surface area contributed by atoms with E-state index in [1.807, 2.05) is 0 Å². The van der Waals surface area contributed by atoms with Crippen LogP contribution in [0, 0.1) is 0 Å². The van der Waals surface area contributed by atoms with Crippen molar-refractivity contribution in [3.63, 3.8) is 0 Å². The van der Waals surface area contributed by atoms with Crippen molar-refractivity contribution in [2.75, 3.05) is 18.7 Å². The predicted molar refractivity (Wildman–Crippen MR) is 73.1 cm³/mol. The standard InChI is InChI=1S/C12H19N3O3S/c1-18-11-6-7-13-12(15-11)14-9-4-3-5-10(8-9)19(2,16)17/h6-7,9-10H,3-5,8H2,1-2H3,(H,13,14,15). The summed E-state index contributed by atoms with van der Waals surface area (Å²) < 4.78 is 28.2. The molecular formula is C12H19N3O3S. The summed E-state index contributed by atoms with van der Waals surface area (Å²) in [5, 5.41) is 2.93. The van der Waals surface area contributed by atoms with E-state index in [1.54, 1.807) is 19.4 Å². The quantitative estimate of drug-likeness (QED) is 0.896. The molecule has 1 aromatic heterocycles. The van der Waals surface area contributed by atoms with Crippen LogP contribution in [0.3, 0.4) is 0 Å². The molecule has 6 nitrogen and oxygen atoms in total. The van der Waals surface area contributed by atoms with Crippen molar-refractivity contribution in [2.45, 2.75) is 37.0 Å². The first-order valence-electron chi connectivity index (χ1n) is 6.31. The Morgan fingerprint density at radius 2 is 2.21 bits per heavy atom. The molecule has 19 heavy (non-hydrogen) atoms. The maximum Gasteiger partial charge on any atom is 0.226 e. The highest BCUT2D eigenvalue weighted by molar-refractivity contribution is 7.91.